The maximum atomic E-state index is 12.4. The van der Waals surface area contributed by atoms with Gasteiger partial charge in [0.25, 0.3) is 6.47 Å². The van der Waals surface area contributed by atoms with Gasteiger partial charge in [-0.05, 0) is 6.42 Å². The molecule has 0 spiro atoms. The number of carboxylic acids is 4. The van der Waals surface area contributed by atoms with Gasteiger partial charge in [-0.25, -0.2) is 14.4 Å². The van der Waals surface area contributed by atoms with E-state index in [1.54, 1.807) is 0 Å². The first kappa shape index (κ1) is 38.5. The molecule has 12 N–H and O–H groups in total. The second kappa shape index (κ2) is 18.8. The summed E-state index contributed by atoms with van der Waals surface area (Å²) in [7, 11) is 0. The quantitative estimate of drug-likeness (QED) is 0.0309. The van der Waals surface area contributed by atoms with Crippen LogP contribution in [0.4, 0.5) is 4.79 Å². The number of thiol groups is 1. The van der Waals surface area contributed by atoms with Crippen molar-refractivity contribution in [2.45, 2.75) is 75.0 Å². The summed E-state index contributed by atoms with van der Waals surface area (Å²) in [5.41, 5.74) is 8.93. The number of nitrogens with one attached hydrogen (secondary N) is 4. The summed E-state index contributed by atoms with van der Waals surface area (Å²) in [6.07, 6.45) is -5.13. The van der Waals surface area contributed by atoms with Gasteiger partial charge in [0.15, 0.2) is 11.9 Å². The van der Waals surface area contributed by atoms with E-state index in [0.29, 0.717) is 0 Å². The van der Waals surface area contributed by atoms with Gasteiger partial charge in [-0.15, -0.1) is 0 Å². The van der Waals surface area contributed by atoms with Crippen LogP contribution in [0.2, 0.25) is 0 Å². The smallest absolute Gasteiger partial charge is 0.344 e. The monoisotopic (exact) mass is 638 g/mol. The Balaban J connectivity index is 5.09. The minimum absolute atomic E-state index is 0.0667. The lowest BCUT2D eigenvalue weighted by Crippen LogP contribution is -2.64. The number of urea groups is 1. The number of hydrogen-bond acceptors (Lipinski definition) is 13. The Morgan fingerprint density at radius 1 is 0.837 bits per heavy atom. The molecule has 0 aromatic rings. The molecule has 0 fully saturated rings. The van der Waals surface area contributed by atoms with Crippen LogP contribution >= 0.6 is 12.6 Å². The van der Waals surface area contributed by atoms with Crippen molar-refractivity contribution in [3.63, 3.8) is 0 Å². The first-order chi connectivity index (χ1) is 19.9. The molecule has 0 aliphatic rings. The molecule has 0 bridgehead atoms. The van der Waals surface area contributed by atoms with Crippen molar-refractivity contribution in [3.05, 3.63) is 0 Å². The number of carbonyl (C=O) groups excluding carboxylic acids is 5. The van der Waals surface area contributed by atoms with E-state index in [1.165, 1.54) is 0 Å². The highest BCUT2D eigenvalue weighted by Crippen LogP contribution is 2.11. The Labute approximate surface area is 248 Å². The summed E-state index contributed by atoms with van der Waals surface area (Å²) >= 11 is 3.76. The molecule has 0 aliphatic carbocycles. The number of amides is 4. The summed E-state index contributed by atoms with van der Waals surface area (Å²) in [6.45, 7) is -0.0667. The number of ketones is 1. The summed E-state index contributed by atoms with van der Waals surface area (Å²) in [5.74, 6) is -9.12. The Kier molecular flexibility index (Phi) is 16.9. The fraction of sp³-hybridized carbons (Fsp3) is 0.591. The van der Waals surface area contributed by atoms with E-state index in [9.17, 15) is 48.3 Å². The van der Waals surface area contributed by atoms with Gasteiger partial charge in [0, 0.05) is 31.4 Å². The van der Waals surface area contributed by atoms with Crippen LogP contribution in [0, 0.1) is 0 Å². The van der Waals surface area contributed by atoms with Gasteiger partial charge in [0.2, 0.25) is 11.8 Å². The number of nitrogens with two attached hydrogens (primary N) is 2. The van der Waals surface area contributed by atoms with E-state index in [2.05, 4.69) is 22.7 Å². The molecule has 0 heterocycles. The number of ether oxygens (including phenoxy) is 1. The molecule has 21 heteroatoms. The highest BCUT2D eigenvalue weighted by molar-refractivity contribution is 7.80. The lowest BCUT2D eigenvalue weighted by atomic mass is 9.99. The Morgan fingerprint density at radius 2 is 1.44 bits per heavy atom. The Morgan fingerprint density at radius 3 is 1.93 bits per heavy atom. The minimum Gasteiger partial charge on any atom is -0.481 e. The van der Waals surface area contributed by atoms with Gasteiger partial charge < -0.3 is 52.2 Å². The van der Waals surface area contributed by atoms with Crippen molar-refractivity contribution >= 4 is 66.6 Å². The molecular weight excluding hydrogens is 604 g/mol. The molecule has 0 aromatic carbocycles. The van der Waals surface area contributed by atoms with Gasteiger partial charge in [-0.2, -0.15) is 12.6 Å². The standard InChI is InChI=1S/C22H34N6O14S/c23-11(17(35)25-12(7-16(33)34)18(36)26-13(8-43)19(37)38)2-1-10(30)5-6-22(24,20(39)40)28-21(41)27-14(42-9-29)3-4-15(31)32/h9,11-14,43H,1-8,23-24H2,(H,25,35)(H,26,36)(H,31,32)(H,33,34)(H,37,38)(H,39,40)(H2,27,28,41)/t11-,12-,13-,14+,22-/m0/s1. The second-order valence-corrected chi connectivity index (χ2v) is 9.32. The van der Waals surface area contributed by atoms with Crippen molar-refractivity contribution in [2.75, 3.05) is 5.75 Å². The van der Waals surface area contributed by atoms with E-state index in [4.69, 9.17) is 26.8 Å². The van der Waals surface area contributed by atoms with Crippen LogP contribution in [0.25, 0.3) is 0 Å². The van der Waals surface area contributed by atoms with Crippen molar-refractivity contribution in [1.82, 2.24) is 21.3 Å². The largest absolute Gasteiger partial charge is 0.481 e. The van der Waals surface area contributed by atoms with Gasteiger partial charge in [0.05, 0.1) is 18.9 Å². The molecular formula is C22H34N6O14S. The lowest BCUT2D eigenvalue weighted by Gasteiger charge is -2.27. The molecule has 0 rings (SSSR count). The van der Waals surface area contributed by atoms with Crippen LogP contribution in [-0.4, -0.2) is 110 Å². The first-order valence-electron chi connectivity index (χ1n) is 12.3. The predicted octanol–water partition coefficient (Wildman–Crippen LogP) is -3.70. The topological polar surface area (TPSA) is 344 Å². The highest BCUT2D eigenvalue weighted by atomic mass is 32.1. The van der Waals surface area contributed by atoms with Crippen LogP contribution in [-0.2, 0) is 43.1 Å². The van der Waals surface area contributed by atoms with E-state index >= 15 is 0 Å². The molecule has 242 valence electrons. The SMILES string of the molecule is N[C@@H](CCC(=O)CC[C@](N)(NC(=O)N[C@@H](CCC(=O)O)OC=O)C(=O)O)C(=O)N[C@@H](CC(=O)O)C(=O)N[C@@H](CS)C(=O)O. The van der Waals surface area contributed by atoms with Gasteiger partial charge in [-0.1, -0.05) is 0 Å². The number of hydrogen-bond donors (Lipinski definition) is 11. The molecule has 0 saturated carbocycles. The van der Waals surface area contributed by atoms with Gasteiger partial charge in [-0.3, -0.25) is 34.5 Å². The van der Waals surface area contributed by atoms with E-state index in [1.807, 2.05) is 16.0 Å². The number of Topliss-reactive ketones (excluding diaryl/α,β-unsaturated/α-hetero) is 1. The molecule has 4 amide bonds. The Hall–Kier alpha value is -4.50. The van der Waals surface area contributed by atoms with E-state index < -0.39 is 110 Å². The summed E-state index contributed by atoms with van der Waals surface area (Å²) in [6, 6.07) is -5.88. The number of carboxylic acid groups (broad SMARTS) is 4. The summed E-state index contributed by atoms with van der Waals surface area (Å²) in [4.78, 5) is 104. The van der Waals surface area contributed by atoms with Crippen molar-refractivity contribution in [3.8, 4) is 0 Å². The fourth-order valence-corrected chi connectivity index (χ4v) is 3.38. The number of rotatable bonds is 22. The van der Waals surface area contributed by atoms with Crippen LogP contribution < -0.4 is 32.7 Å². The Bertz CT molecular complexity index is 1080. The van der Waals surface area contributed by atoms with E-state index in [-0.39, 0.29) is 25.1 Å². The molecule has 0 saturated heterocycles. The maximum Gasteiger partial charge on any atom is 0.344 e. The van der Waals surface area contributed by atoms with Crippen LogP contribution in [0.15, 0.2) is 0 Å². The van der Waals surface area contributed by atoms with Crippen molar-refractivity contribution in [1.29, 1.82) is 0 Å². The van der Waals surface area contributed by atoms with Crippen molar-refractivity contribution < 1.29 is 68.3 Å². The third-order valence-electron chi connectivity index (χ3n) is 5.53. The molecule has 0 unspecified atom stereocenters. The number of carbonyl (C=O) groups is 9. The summed E-state index contributed by atoms with van der Waals surface area (Å²) in [5, 5.41) is 44.2. The minimum atomic E-state index is -2.50. The highest BCUT2D eigenvalue weighted by Gasteiger charge is 2.37. The first-order valence-corrected chi connectivity index (χ1v) is 12.9. The molecule has 5 atom stereocenters. The average Bonchev–Trinajstić information content (AvgIpc) is 2.90. The summed E-state index contributed by atoms with van der Waals surface area (Å²) < 4.78 is 4.52. The molecule has 0 aliphatic heterocycles. The van der Waals surface area contributed by atoms with E-state index in [0.717, 1.165) is 0 Å². The molecule has 20 nitrogen and oxygen atoms in total. The number of aliphatic carboxylic acids is 4. The average molecular weight is 639 g/mol. The zero-order chi connectivity index (χ0) is 33.3. The second-order valence-electron chi connectivity index (χ2n) is 8.95. The van der Waals surface area contributed by atoms with Crippen LogP contribution in [0.1, 0.15) is 44.9 Å². The fourth-order valence-electron chi connectivity index (χ4n) is 3.13. The van der Waals surface area contributed by atoms with Gasteiger partial charge >= 0.3 is 29.9 Å². The van der Waals surface area contributed by atoms with Gasteiger partial charge in [0.1, 0.15) is 17.9 Å². The van der Waals surface area contributed by atoms with Crippen LogP contribution in [0.3, 0.4) is 0 Å². The molecule has 0 aromatic heterocycles. The lowest BCUT2D eigenvalue weighted by molar-refractivity contribution is -0.145. The van der Waals surface area contributed by atoms with Crippen molar-refractivity contribution in [2.24, 2.45) is 11.5 Å². The third-order valence-corrected chi connectivity index (χ3v) is 5.89. The third kappa shape index (κ3) is 15.3. The molecule has 0 radical (unpaired) electrons. The zero-order valence-electron chi connectivity index (χ0n) is 22.5. The molecule has 43 heavy (non-hydrogen) atoms. The van der Waals surface area contributed by atoms with Crippen LogP contribution in [0.5, 0.6) is 0 Å². The predicted molar refractivity (Wildman–Crippen MR) is 143 cm³/mol. The maximum absolute atomic E-state index is 12.4. The normalized spacial score (nSPS) is 14.8. The zero-order valence-corrected chi connectivity index (χ0v) is 23.4.